The summed E-state index contributed by atoms with van der Waals surface area (Å²) < 4.78 is 11.3. The summed E-state index contributed by atoms with van der Waals surface area (Å²) in [6.45, 7) is 3.25. The van der Waals surface area contributed by atoms with E-state index in [-0.39, 0.29) is 6.61 Å². The Morgan fingerprint density at radius 2 is 1.48 bits per heavy atom. The Balaban J connectivity index is 2.09. The highest BCUT2D eigenvalue weighted by molar-refractivity contribution is 5.40. The fraction of sp³-hybridized carbons (Fsp3) is 0.727. The standard InChI is InChI=1S/C22H38O3/c1-3-4-5-6-7-8-9-10-11-12-18-25-21-16-15-20(14-13-17-23)22(19-21)24-2/h15-16,19,23H,3-14,17-18H2,1-2H3. The maximum atomic E-state index is 8.95. The van der Waals surface area contributed by atoms with Crippen LogP contribution >= 0.6 is 0 Å². The van der Waals surface area contributed by atoms with Gasteiger partial charge in [0.2, 0.25) is 0 Å². The van der Waals surface area contributed by atoms with Crippen molar-refractivity contribution in [2.75, 3.05) is 20.3 Å². The van der Waals surface area contributed by atoms with Crippen LogP contribution in [0, 0.1) is 0 Å². The number of hydrogen-bond acceptors (Lipinski definition) is 3. The molecule has 3 heteroatoms. The minimum Gasteiger partial charge on any atom is -0.496 e. The van der Waals surface area contributed by atoms with Gasteiger partial charge >= 0.3 is 0 Å². The number of aliphatic hydroxyl groups excluding tert-OH is 1. The van der Waals surface area contributed by atoms with Crippen molar-refractivity contribution in [2.24, 2.45) is 0 Å². The lowest BCUT2D eigenvalue weighted by Crippen LogP contribution is -1.99. The predicted octanol–water partition coefficient (Wildman–Crippen LogP) is 5.92. The number of aliphatic hydroxyl groups is 1. The van der Waals surface area contributed by atoms with Crippen LogP contribution in [0.25, 0.3) is 0 Å². The van der Waals surface area contributed by atoms with Crippen molar-refractivity contribution in [3.8, 4) is 11.5 Å². The maximum absolute atomic E-state index is 8.95. The van der Waals surface area contributed by atoms with Gasteiger partial charge in [0, 0.05) is 12.7 Å². The minimum absolute atomic E-state index is 0.208. The normalized spacial score (nSPS) is 10.8. The van der Waals surface area contributed by atoms with Crippen molar-refractivity contribution < 1.29 is 14.6 Å². The fourth-order valence-electron chi connectivity index (χ4n) is 3.07. The van der Waals surface area contributed by atoms with Gasteiger partial charge in [0.05, 0.1) is 13.7 Å². The number of methoxy groups -OCH3 is 1. The van der Waals surface area contributed by atoms with Crippen molar-refractivity contribution >= 4 is 0 Å². The van der Waals surface area contributed by atoms with E-state index in [0.29, 0.717) is 0 Å². The molecule has 0 bridgehead atoms. The van der Waals surface area contributed by atoms with Crippen LogP contribution in [-0.2, 0) is 6.42 Å². The number of benzene rings is 1. The van der Waals surface area contributed by atoms with Gasteiger partial charge in [-0.2, -0.15) is 0 Å². The number of aryl methyl sites for hydroxylation is 1. The van der Waals surface area contributed by atoms with Gasteiger partial charge in [-0.15, -0.1) is 0 Å². The summed E-state index contributed by atoms with van der Waals surface area (Å²) in [5, 5.41) is 8.95. The molecule has 3 nitrogen and oxygen atoms in total. The average Bonchev–Trinajstić information content (AvgIpc) is 2.64. The lowest BCUT2D eigenvalue weighted by atomic mass is 10.1. The molecular formula is C22H38O3. The Morgan fingerprint density at radius 1 is 0.840 bits per heavy atom. The van der Waals surface area contributed by atoms with E-state index in [1.54, 1.807) is 7.11 Å². The molecule has 0 aliphatic heterocycles. The molecule has 1 aromatic carbocycles. The molecule has 0 atom stereocenters. The van der Waals surface area contributed by atoms with E-state index < -0.39 is 0 Å². The molecule has 1 aromatic rings. The van der Waals surface area contributed by atoms with Crippen LogP contribution in [0.3, 0.4) is 0 Å². The van der Waals surface area contributed by atoms with Crippen molar-refractivity contribution in [1.82, 2.24) is 0 Å². The van der Waals surface area contributed by atoms with Crippen LogP contribution in [0.15, 0.2) is 18.2 Å². The second-order valence-corrected chi connectivity index (χ2v) is 6.83. The molecule has 0 amide bonds. The molecule has 1 N–H and O–H groups in total. The highest BCUT2D eigenvalue weighted by Crippen LogP contribution is 2.26. The molecule has 0 spiro atoms. The second-order valence-electron chi connectivity index (χ2n) is 6.83. The fourth-order valence-corrected chi connectivity index (χ4v) is 3.07. The zero-order valence-electron chi connectivity index (χ0n) is 16.4. The number of ether oxygens (including phenoxy) is 2. The van der Waals surface area contributed by atoms with Crippen molar-refractivity contribution in [1.29, 1.82) is 0 Å². The molecule has 0 aromatic heterocycles. The summed E-state index contributed by atoms with van der Waals surface area (Å²) in [4.78, 5) is 0. The first-order valence-corrected chi connectivity index (χ1v) is 10.2. The Morgan fingerprint density at radius 3 is 2.08 bits per heavy atom. The molecule has 0 heterocycles. The molecule has 0 aliphatic carbocycles. The second kappa shape index (κ2) is 15.1. The molecule has 0 fully saturated rings. The van der Waals surface area contributed by atoms with E-state index in [9.17, 15) is 0 Å². The smallest absolute Gasteiger partial charge is 0.125 e. The summed E-state index contributed by atoms with van der Waals surface area (Å²) in [5.41, 5.74) is 1.13. The topological polar surface area (TPSA) is 38.7 Å². The van der Waals surface area contributed by atoms with E-state index in [0.717, 1.165) is 42.9 Å². The first-order valence-electron chi connectivity index (χ1n) is 10.2. The minimum atomic E-state index is 0.208. The summed E-state index contributed by atoms with van der Waals surface area (Å²) in [7, 11) is 1.68. The summed E-state index contributed by atoms with van der Waals surface area (Å²) in [6.07, 6.45) is 15.0. The summed E-state index contributed by atoms with van der Waals surface area (Å²) in [5.74, 6) is 1.73. The quantitative estimate of drug-likeness (QED) is 0.376. The van der Waals surface area contributed by atoms with Crippen molar-refractivity contribution in [3.63, 3.8) is 0 Å². The number of rotatable bonds is 16. The first-order chi connectivity index (χ1) is 12.3. The lowest BCUT2D eigenvalue weighted by molar-refractivity contribution is 0.287. The van der Waals surface area contributed by atoms with Crippen LogP contribution in [0.5, 0.6) is 11.5 Å². The predicted molar refractivity (Wildman–Crippen MR) is 106 cm³/mol. The Hall–Kier alpha value is -1.22. The molecule has 0 saturated heterocycles. The van der Waals surface area contributed by atoms with Gasteiger partial charge in [0.15, 0.2) is 0 Å². The molecule has 144 valence electrons. The number of unbranched alkanes of at least 4 members (excludes halogenated alkanes) is 9. The zero-order valence-corrected chi connectivity index (χ0v) is 16.4. The first kappa shape index (κ1) is 21.8. The van der Waals surface area contributed by atoms with E-state index in [4.69, 9.17) is 14.6 Å². The molecular weight excluding hydrogens is 312 g/mol. The Labute approximate surface area is 154 Å². The van der Waals surface area contributed by atoms with Gasteiger partial charge in [-0.3, -0.25) is 0 Å². The van der Waals surface area contributed by atoms with E-state index in [1.807, 2.05) is 18.2 Å². The molecule has 0 radical (unpaired) electrons. The highest BCUT2D eigenvalue weighted by atomic mass is 16.5. The van der Waals surface area contributed by atoms with Crippen LogP contribution in [0.1, 0.15) is 83.1 Å². The third kappa shape index (κ3) is 10.4. The van der Waals surface area contributed by atoms with E-state index in [2.05, 4.69) is 6.92 Å². The van der Waals surface area contributed by atoms with Crippen LogP contribution in [-0.4, -0.2) is 25.4 Å². The summed E-state index contributed by atoms with van der Waals surface area (Å²) in [6, 6.07) is 6.01. The molecule has 0 aliphatic rings. The van der Waals surface area contributed by atoms with Crippen molar-refractivity contribution in [2.45, 2.75) is 84.0 Å². The molecule has 25 heavy (non-hydrogen) atoms. The van der Waals surface area contributed by atoms with Crippen LogP contribution in [0.2, 0.25) is 0 Å². The Bertz CT molecular complexity index is 431. The number of hydrogen-bond donors (Lipinski definition) is 1. The SMILES string of the molecule is CCCCCCCCCCCCOc1ccc(CCCO)c(OC)c1. The van der Waals surface area contributed by atoms with Crippen molar-refractivity contribution in [3.05, 3.63) is 23.8 Å². The van der Waals surface area contributed by atoms with Gasteiger partial charge in [-0.25, -0.2) is 0 Å². The van der Waals surface area contributed by atoms with E-state index in [1.165, 1.54) is 57.8 Å². The summed E-state index contributed by atoms with van der Waals surface area (Å²) >= 11 is 0. The van der Waals surface area contributed by atoms with Crippen LogP contribution < -0.4 is 9.47 Å². The van der Waals surface area contributed by atoms with E-state index >= 15 is 0 Å². The monoisotopic (exact) mass is 350 g/mol. The Kier molecular flexibility index (Phi) is 13.2. The molecule has 0 saturated carbocycles. The zero-order chi connectivity index (χ0) is 18.2. The largest absolute Gasteiger partial charge is 0.496 e. The van der Waals surface area contributed by atoms with Gasteiger partial charge in [0.1, 0.15) is 11.5 Å². The van der Waals surface area contributed by atoms with Gasteiger partial charge in [-0.1, -0.05) is 70.8 Å². The highest BCUT2D eigenvalue weighted by Gasteiger charge is 2.05. The average molecular weight is 351 g/mol. The lowest BCUT2D eigenvalue weighted by Gasteiger charge is -2.11. The van der Waals surface area contributed by atoms with Gasteiger partial charge in [0.25, 0.3) is 0 Å². The third-order valence-electron chi connectivity index (χ3n) is 4.63. The molecule has 1 rings (SSSR count). The van der Waals surface area contributed by atoms with Gasteiger partial charge < -0.3 is 14.6 Å². The third-order valence-corrected chi connectivity index (χ3v) is 4.63. The molecule has 0 unspecified atom stereocenters. The van der Waals surface area contributed by atoms with Crippen LogP contribution in [0.4, 0.5) is 0 Å². The van der Waals surface area contributed by atoms with Gasteiger partial charge in [-0.05, 0) is 30.9 Å². The maximum Gasteiger partial charge on any atom is 0.125 e.